The number of benzene rings is 2. The van der Waals surface area contributed by atoms with Gasteiger partial charge in [-0.1, -0.05) is 35.9 Å². The number of nitrogens with zero attached hydrogens (tertiary/aromatic N) is 1. The van der Waals surface area contributed by atoms with Gasteiger partial charge in [-0.2, -0.15) is 5.26 Å². The average Bonchev–Trinajstić information content (AvgIpc) is 3.38. The average molecular weight is 324 g/mol. The van der Waals surface area contributed by atoms with E-state index in [1.807, 2.05) is 12.1 Å². The summed E-state index contributed by atoms with van der Waals surface area (Å²) < 4.78 is 5.35. The molecule has 0 heterocycles. The maximum Gasteiger partial charge on any atom is 0.314 e. The number of hydrogen-bond acceptors (Lipinski definition) is 3. The zero-order valence-electron chi connectivity index (χ0n) is 12.3. The normalized spacial score (nSPS) is 14.2. The van der Waals surface area contributed by atoms with Crippen LogP contribution in [0.2, 0.25) is 5.02 Å². The van der Waals surface area contributed by atoms with Gasteiger partial charge < -0.3 is 4.74 Å². The number of nitriles is 1. The highest BCUT2D eigenvalue weighted by atomic mass is 35.5. The van der Waals surface area contributed by atoms with E-state index < -0.39 is 0 Å². The van der Waals surface area contributed by atoms with Gasteiger partial charge in [-0.05, 0) is 54.3 Å². The van der Waals surface area contributed by atoms with E-state index in [0.29, 0.717) is 16.3 Å². The number of carbonyl (C=O) groups is 1. The van der Waals surface area contributed by atoms with Crippen LogP contribution >= 0.6 is 11.6 Å². The van der Waals surface area contributed by atoms with E-state index in [4.69, 9.17) is 16.3 Å². The van der Waals surface area contributed by atoms with Crippen molar-refractivity contribution < 1.29 is 9.53 Å². The summed E-state index contributed by atoms with van der Waals surface area (Å²) in [5.74, 6) is 0.371. The van der Waals surface area contributed by atoms with Gasteiger partial charge in [0, 0.05) is 5.02 Å². The molecule has 4 heteroatoms. The molecule has 0 aromatic heterocycles. The van der Waals surface area contributed by atoms with Crippen molar-refractivity contribution in [1.29, 1.82) is 5.26 Å². The van der Waals surface area contributed by atoms with E-state index in [9.17, 15) is 10.1 Å². The van der Waals surface area contributed by atoms with Gasteiger partial charge in [0.2, 0.25) is 0 Å². The first-order chi connectivity index (χ1) is 11.2. The molecule has 1 aliphatic rings. The quantitative estimate of drug-likeness (QED) is 0.354. The molecule has 3 rings (SSSR count). The monoisotopic (exact) mass is 323 g/mol. The molecule has 23 heavy (non-hydrogen) atoms. The van der Waals surface area contributed by atoms with Gasteiger partial charge in [0.25, 0.3) is 0 Å². The predicted octanol–water partition coefficient (Wildman–Crippen LogP) is 4.72. The van der Waals surface area contributed by atoms with E-state index >= 15 is 0 Å². The zero-order valence-corrected chi connectivity index (χ0v) is 13.1. The number of carbonyl (C=O) groups excluding carboxylic acids is 1. The fourth-order valence-electron chi connectivity index (χ4n) is 2.19. The molecule has 0 saturated heterocycles. The Morgan fingerprint density at radius 3 is 2.70 bits per heavy atom. The minimum atomic E-state index is -0.179. The number of ether oxygens (including phenoxy) is 1. The fourth-order valence-corrected chi connectivity index (χ4v) is 2.38. The van der Waals surface area contributed by atoms with Crippen molar-refractivity contribution in [3.05, 3.63) is 64.7 Å². The summed E-state index contributed by atoms with van der Waals surface area (Å²) in [6.45, 7) is 0. The second kappa shape index (κ2) is 6.68. The van der Waals surface area contributed by atoms with Gasteiger partial charge in [0.1, 0.15) is 5.75 Å². The molecule has 0 bridgehead atoms. The smallest absolute Gasteiger partial charge is 0.314 e. The Morgan fingerprint density at radius 1 is 1.22 bits per heavy atom. The summed E-state index contributed by atoms with van der Waals surface area (Å²) in [5.41, 5.74) is 2.04. The van der Waals surface area contributed by atoms with Crippen molar-refractivity contribution in [3.63, 3.8) is 0 Å². The summed E-state index contributed by atoms with van der Waals surface area (Å²) in [4.78, 5) is 11.7. The number of halogens is 1. The van der Waals surface area contributed by atoms with Crippen LogP contribution in [0.4, 0.5) is 0 Å². The maximum absolute atomic E-state index is 11.7. The van der Waals surface area contributed by atoms with Crippen LogP contribution < -0.4 is 4.74 Å². The first-order valence-electron chi connectivity index (χ1n) is 7.35. The minimum absolute atomic E-state index is 0.0512. The van der Waals surface area contributed by atoms with Gasteiger partial charge in [0.15, 0.2) is 0 Å². The Morgan fingerprint density at radius 2 is 2.00 bits per heavy atom. The second-order valence-corrected chi connectivity index (χ2v) is 5.88. The Kier molecular flexibility index (Phi) is 4.45. The Labute approximate surface area is 139 Å². The van der Waals surface area contributed by atoms with Crippen LogP contribution in [0.3, 0.4) is 0 Å². The molecule has 2 aromatic carbocycles. The van der Waals surface area contributed by atoms with Gasteiger partial charge in [-0.25, -0.2) is 0 Å². The molecule has 1 saturated carbocycles. The Hall–Kier alpha value is -2.57. The highest BCUT2D eigenvalue weighted by Crippen LogP contribution is 2.31. The molecular formula is C19H14ClNO2. The molecule has 0 radical (unpaired) electrons. The Bertz CT molecular complexity index is 816. The summed E-state index contributed by atoms with van der Waals surface area (Å²) in [5, 5.41) is 9.96. The molecule has 0 unspecified atom stereocenters. The summed E-state index contributed by atoms with van der Waals surface area (Å²) >= 11 is 5.97. The van der Waals surface area contributed by atoms with E-state index in [2.05, 4.69) is 6.07 Å². The van der Waals surface area contributed by atoms with E-state index in [1.165, 1.54) is 0 Å². The SMILES string of the molecule is N#C/C(=C/c1cccc(OC(=O)C2CC2)c1)c1cccc(Cl)c1. The van der Waals surface area contributed by atoms with E-state index in [1.54, 1.807) is 42.5 Å². The third kappa shape index (κ3) is 4.00. The maximum atomic E-state index is 11.7. The van der Waals surface area contributed by atoms with Crippen LogP contribution in [0.15, 0.2) is 48.5 Å². The van der Waals surface area contributed by atoms with Crippen molar-refractivity contribution in [2.24, 2.45) is 5.92 Å². The molecule has 0 N–H and O–H groups in total. The first kappa shape index (κ1) is 15.3. The standard InChI is InChI=1S/C19H14ClNO2/c20-17-5-2-4-15(11-17)16(12-21)9-13-3-1-6-18(10-13)23-19(22)14-7-8-14/h1-6,9-11,14H,7-8H2/b16-9-. The van der Waals surface area contributed by atoms with Crippen molar-refractivity contribution in [2.45, 2.75) is 12.8 Å². The Balaban J connectivity index is 1.85. The molecule has 0 spiro atoms. The molecule has 114 valence electrons. The van der Waals surface area contributed by atoms with Gasteiger partial charge in [0.05, 0.1) is 17.6 Å². The molecule has 2 aromatic rings. The fraction of sp³-hybridized carbons (Fsp3) is 0.158. The lowest BCUT2D eigenvalue weighted by Crippen LogP contribution is -2.09. The van der Waals surface area contributed by atoms with Crippen LogP contribution in [0.25, 0.3) is 11.6 Å². The summed E-state index contributed by atoms with van der Waals surface area (Å²) in [6, 6.07) is 16.5. The first-order valence-corrected chi connectivity index (χ1v) is 7.73. The molecule has 0 atom stereocenters. The highest BCUT2D eigenvalue weighted by Gasteiger charge is 2.31. The number of hydrogen-bond donors (Lipinski definition) is 0. The van der Waals surface area contributed by atoms with Crippen LogP contribution in [0.5, 0.6) is 5.75 Å². The lowest BCUT2D eigenvalue weighted by atomic mass is 10.0. The van der Waals surface area contributed by atoms with Crippen molar-refractivity contribution in [2.75, 3.05) is 0 Å². The lowest BCUT2D eigenvalue weighted by Gasteiger charge is -2.05. The van der Waals surface area contributed by atoms with Crippen molar-refractivity contribution >= 4 is 29.2 Å². The lowest BCUT2D eigenvalue weighted by molar-refractivity contribution is -0.135. The molecule has 1 fully saturated rings. The van der Waals surface area contributed by atoms with Gasteiger partial charge in [-0.15, -0.1) is 0 Å². The minimum Gasteiger partial charge on any atom is -0.426 e. The van der Waals surface area contributed by atoms with Crippen LogP contribution in [0, 0.1) is 17.2 Å². The van der Waals surface area contributed by atoms with Gasteiger partial charge in [-0.3, -0.25) is 4.79 Å². The highest BCUT2D eigenvalue weighted by molar-refractivity contribution is 6.30. The van der Waals surface area contributed by atoms with E-state index in [0.717, 1.165) is 24.0 Å². The van der Waals surface area contributed by atoms with Crippen molar-refractivity contribution in [3.8, 4) is 11.8 Å². The molecule has 1 aliphatic carbocycles. The van der Waals surface area contributed by atoms with Gasteiger partial charge >= 0.3 is 5.97 Å². The molecule has 0 amide bonds. The topological polar surface area (TPSA) is 50.1 Å². The largest absolute Gasteiger partial charge is 0.426 e. The summed E-state index contributed by atoms with van der Waals surface area (Å²) in [6.07, 6.45) is 3.57. The molecule has 3 nitrogen and oxygen atoms in total. The van der Waals surface area contributed by atoms with Crippen LogP contribution in [-0.2, 0) is 4.79 Å². The number of esters is 1. The zero-order chi connectivity index (χ0) is 16.2. The number of rotatable bonds is 4. The van der Waals surface area contributed by atoms with E-state index in [-0.39, 0.29) is 11.9 Å². The number of allylic oxidation sites excluding steroid dienone is 1. The molecular weight excluding hydrogens is 310 g/mol. The summed E-state index contributed by atoms with van der Waals surface area (Å²) in [7, 11) is 0. The van der Waals surface area contributed by atoms with Crippen LogP contribution in [-0.4, -0.2) is 5.97 Å². The third-order valence-corrected chi connectivity index (χ3v) is 3.79. The van der Waals surface area contributed by atoms with Crippen molar-refractivity contribution in [1.82, 2.24) is 0 Å². The second-order valence-electron chi connectivity index (χ2n) is 5.45. The predicted molar refractivity (Wildman–Crippen MR) is 89.7 cm³/mol. The third-order valence-electron chi connectivity index (χ3n) is 3.55. The molecule has 0 aliphatic heterocycles. The van der Waals surface area contributed by atoms with Crippen LogP contribution in [0.1, 0.15) is 24.0 Å².